The molecule has 2 bridgehead atoms. The average Bonchev–Trinajstić information content (AvgIpc) is 2.77. The summed E-state index contributed by atoms with van der Waals surface area (Å²) in [6, 6.07) is 2.91. The maximum absolute atomic E-state index is 13.7. The molecule has 1 aromatic rings. The molecule has 120 valence electrons. The molecule has 0 N–H and O–H groups in total. The highest BCUT2D eigenvalue weighted by Gasteiger charge is 2.38. The molecule has 2 fully saturated rings. The third kappa shape index (κ3) is 3.39. The molecule has 1 aromatic carbocycles. The van der Waals surface area contributed by atoms with Gasteiger partial charge in [-0.3, -0.25) is 4.79 Å². The summed E-state index contributed by atoms with van der Waals surface area (Å²) in [6.45, 7) is 0. The lowest BCUT2D eigenvalue weighted by molar-refractivity contribution is -0.275. The summed E-state index contributed by atoms with van der Waals surface area (Å²) in [5, 5.41) is 0.954. The van der Waals surface area contributed by atoms with Crippen LogP contribution in [0.1, 0.15) is 36.0 Å². The first-order chi connectivity index (χ1) is 10.3. The number of ketones is 1. The summed E-state index contributed by atoms with van der Waals surface area (Å²) < 4.78 is 53.6. The van der Waals surface area contributed by atoms with Crippen LogP contribution in [0.2, 0.25) is 0 Å². The molecule has 0 aromatic heterocycles. The smallest absolute Gasteiger partial charge is 0.403 e. The lowest BCUT2D eigenvalue weighted by Gasteiger charge is -2.26. The minimum absolute atomic E-state index is 0.114. The predicted octanol–water partition coefficient (Wildman–Crippen LogP) is 4.58. The average molecular weight is 334 g/mol. The zero-order valence-corrected chi connectivity index (χ0v) is 12.3. The maximum Gasteiger partial charge on any atom is 0.573 e. The number of fused-ring (bicyclic) bond motifs is 2. The van der Waals surface area contributed by atoms with Crippen LogP contribution in [-0.2, 0) is 0 Å². The molecular weight excluding hydrogens is 320 g/mol. The number of halogens is 4. The Bertz CT molecular complexity index is 575. The Kier molecular flexibility index (Phi) is 4.09. The van der Waals surface area contributed by atoms with Gasteiger partial charge in [-0.2, -0.15) is 11.8 Å². The van der Waals surface area contributed by atoms with Crippen molar-refractivity contribution in [3.63, 3.8) is 0 Å². The quantitative estimate of drug-likeness (QED) is 0.598. The van der Waals surface area contributed by atoms with E-state index in [1.54, 1.807) is 0 Å². The van der Waals surface area contributed by atoms with E-state index in [1.165, 1.54) is 6.07 Å². The van der Waals surface area contributed by atoms with Crippen molar-refractivity contribution in [1.82, 2.24) is 0 Å². The van der Waals surface area contributed by atoms with Crippen LogP contribution < -0.4 is 4.74 Å². The molecule has 2 nitrogen and oxygen atoms in total. The van der Waals surface area contributed by atoms with E-state index < -0.39 is 17.9 Å². The van der Waals surface area contributed by atoms with Crippen LogP contribution in [0.25, 0.3) is 0 Å². The van der Waals surface area contributed by atoms with Gasteiger partial charge in [-0.1, -0.05) is 0 Å². The Morgan fingerprint density at radius 1 is 1.18 bits per heavy atom. The van der Waals surface area contributed by atoms with Crippen molar-refractivity contribution in [3.05, 3.63) is 29.6 Å². The number of carbonyl (C=O) groups excluding carboxylic acids is 1. The second-order valence-electron chi connectivity index (χ2n) is 5.68. The first-order valence-corrected chi connectivity index (χ1v) is 8.01. The van der Waals surface area contributed by atoms with Crippen molar-refractivity contribution in [2.75, 3.05) is 0 Å². The van der Waals surface area contributed by atoms with E-state index in [0.717, 1.165) is 37.8 Å². The minimum atomic E-state index is -4.95. The Labute approximate surface area is 129 Å². The van der Waals surface area contributed by atoms with Crippen LogP contribution in [0, 0.1) is 11.7 Å². The molecule has 0 saturated carbocycles. The number of carbonyl (C=O) groups is 1. The van der Waals surface area contributed by atoms with Gasteiger partial charge in [-0.25, -0.2) is 4.39 Å². The van der Waals surface area contributed by atoms with Gasteiger partial charge in [-0.05, 0) is 43.9 Å². The van der Waals surface area contributed by atoms with Crippen molar-refractivity contribution in [1.29, 1.82) is 0 Å². The third-order valence-electron chi connectivity index (χ3n) is 4.10. The molecule has 2 saturated heterocycles. The summed E-state index contributed by atoms with van der Waals surface area (Å²) in [5.41, 5.74) is 0.114. The predicted molar refractivity (Wildman–Crippen MR) is 74.5 cm³/mol. The van der Waals surface area contributed by atoms with Crippen molar-refractivity contribution in [3.8, 4) is 5.75 Å². The molecule has 2 unspecified atom stereocenters. The Morgan fingerprint density at radius 2 is 1.82 bits per heavy atom. The molecule has 0 radical (unpaired) electrons. The molecule has 7 heteroatoms. The molecular formula is C15H14F4O2S. The largest absolute Gasteiger partial charge is 0.573 e. The monoisotopic (exact) mass is 334 g/mol. The standard InChI is InChI=1S/C15H14F4O2S/c16-12-7-8(1-4-13(12)21-15(17,18)19)14(20)9-5-10-2-3-11(6-9)22-10/h1,4,7,9-11H,2-3,5-6H2. The van der Waals surface area contributed by atoms with Crippen molar-refractivity contribution < 1.29 is 27.1 Å². The van der Waals surface area contributed by atoms with Crippen molar-refractivity contribution in [2.45, 2.75) is 42.5 Å². The van der Waals surface area contributed by atoms with Crippen molar-refractivity contribution in [2.24, 2.45) is 5.92 Å². The van der Waals surface area contributed by atoms with E-state index in [-0.39, 0.29) is 17.3 Å². The number of Topliss-reactive ketones (excluding diaryl/α,β-unsaturated/α-hetero) is 1. The molecule has 2 heterocycles. The number of hydrogen-bond donors (Lipinski definition) is 0. The number of thioether (sulfide) groups is 1. The number of benzene rings is 1. The summed E-state index contributed by atoms with van der Waals surface area (Å²) >= 11 is 1.91. The molecule has 2 aliphatic rings. The van der Waals surface area contributed by atoms with E-state index in [1.807, 2.05) is 11.8 Å². The van der Waals surface area contributed by atoms with Gasteiger partial charge in [0.2, 0.25) is 0 Å². The summed E-state index contributed by atoms with van der Waals surface area (Å²) in [4.78, 5) is 12.4. The highest BCUT2D eigenvalue weighted by Crippen LogP contribution is 2.46. The molecule has 0 spiro atoms. The highest BCUT2D eigenvalue weighted by atomic mass is 32.2. The van der Waals surface area contributed by atoms with E-state index in [9.17, 15) is 22.4 Å². The zero-order chi connectivity index (χ0) is 15.9. The van der Waals surface area contributed by atoms with E-state index in [4.69, 9.17) is 0 Å². The first-order valence-electron chi connectivity index (χ1n) is 7.07. The van der Waals surface area contributed by atoms with Gasteiger partial charge in [0.05, 0.1) is 0 Å². The summed E-state index contributed by atoms with van der Waals surface area (Å²) in [7, 11) is 0. The van der Waals surface area contributed by atoms with Crippen LogP contribution >= 0.6 is 11.8 Å². The second kappa shape index (κ2) is 5.76. The van der Waals surface area contributed by atoms with Gasteiger partial charge in [-0.15, -0.1) is 13.2 Å². The normalized spacial score (nSPS) is 27.7. The van der Waals surface area contributed by atoms with E-state index in [0.29, 0.717) is 10.5 Å². The van der Waals surface area contributed by atoms with Gasteiger partial charge in [0.15, 0.2) is 17.3 Å². The van der Waals surface area contributed by atoms with Crippen LogP contribution in [0.4, 0.5) is 17.6 Å². The number of rotatable bonds is 3. The van der Waals surface area contributed by atoms with Crippen LogP contribution in [-0.4, -0.2) is 22.6 Å². The Hall–Kier alpha value is -1.24. The van der Waals surface area contributed by atoms with Crippen molar-refractivity contribution >= 4 is 17.5 Å². The Balaban J connectivity index is 1.74. The van der Waals surface area contributed by atoms with E-state index in [2.05, 4.69) is 4.74 Å². The van der Waals surface area contributed by atoms with Gasteiger partial charge >= 0.3 is 6.36 Å². The summed E-state index contributed by atoms with van der Waals surface area (Å²) in [6.07, 6.45) is -1.21. The lowest BCUT2D eigenvalue weighted by atomic mass is 9.90. The molecule has 3 rings (SSSR count). The van der Waals surface area contributed by atoms with Gasteiger partial charge < -0.3 is 4.74 Å². The van der Waals surface area contributed by atoms with Gasteiger partial charge in [0.1, 0.15) is 0 Å². The molecule has 0 amide bonds. The first kappa shape index (κ1) is 15.6. The van der Waals surface area contributed by atoms with Crippen LogP contribution in [0.15, 0.2) is 18.2 Å². The fourth-order valence-corrected chi connectivity index (χ4v) is 4.94. The maximum atomic E-state index is 13.7. The fraction of sp³-hybridized carbons (Fsp3) is 0.533. The molecule has 0 aliphatic carbocycles. The second-order valence-corrected chi connectivity index (χ2v) is 7.29. The fourth-order valence-electron chi connectivity index (χ4n) is 3.17. The third-order valence-corrected chi connectivity index (χ3v) is 5.73. The van der Waals surface area contributed by atoms with Gasteiger partial charge in [0, 0.05) is 22.0 Å². The number of ether oxygens (including phenoxy) is 1. The molecule has 2 atom stereocenters. The lowest BCUT2D eigenvalue weighted by Crippen LogP contribution is -2.25. The minimum Gasteiger partial charge on any atom is -0.403 e. The van der Waals surface area contributed by atoms with Crippen LogP contribution in [0.3, 0.4) is 0 Å². The number of alkyl halides is 3. The molecule has 22 heavy (non-hydrogen) atoms. The highest BCUT2D eigenvalue weighted by molar-refractivity contribution is 8.00. The van der Waals surface area contributed by atoms with Gasteiger partial charge in [0.25, 0.3) is 0 Å². The zero-order valence-electron chi connectivity index (χ0n) is 11.5. The Morgan fingerprint density at radius 3 is 2.36 bits per heavy atom. The summed E-state index contributed by atoms with van der Waals surface area (Å²) in [5.74, 6) is -2.43. The molecule has 2 aliphatic heterocycles. The van der Waals surface area contributed by atoms with E-state index >= 15 is 0 Å². The SMILES string of the molecule is O=C(c1ccc(OC(F)(F)F)c(F)c1)C1CC2CCC(C1)S2. The van der Waals surface area contributed by atoms with Crippen LogP contribution in [0.5, 0.6) is 5.75 Å². The topological polar surface area (TPSA) is 26.3 Å². The number of hydrogen-bond acceptors (Lipinski definition) is 3.